The first-order valence-electron chi connectivity index (χ1n) is 6.99. The van der Waals surface area contributed by atoms with Crippen LogP contribution in [-0.2, 0) is 11.3 Å². The lowest BCUT2D eigenvalue weighted by atomic mass is 9.82. The maximum absolute atomic E-state index is 5.97. The van der Waals surface area contributed by atoms with E-state index >= 15 is 0 Å². The van der Waals surface area contributed by atoms with Gasteiger partial charge in [0.05, 0.1) is 6.10 Å². The SMILES string of the molecule is Cc1cc(NN)nc(COC2CC(C)CC(C)C2)n1. The van der Waals surface area contributed by atoms with Gasteiger partial charge in [-0.1, -0.05) is 13.8 Å². The van der Waals surface area contributed by atoms with Gasteiger partial charge < -0.3 is 10.2 Å². The van der Waals surface area contributed by atoms with E-state index in [1.165, 1.54) is 6.42 Å². The normalized spacial score (nSPS) is 27.3. The van der Waals surface area contributed by atoms with E-state index in [0.29, 0.717) is 24.4 Å². The molecule has 0 spiro atoms. The Balaban J connectivity index is 1.93. The van der Waals surface area contributed by atoms with Gasteiger partial charge in [-0.05, 0) is 38.0 Å². The van der Waals surface area contributed by atoms with Crippen LogP contribution in [-0.4, -0.2) is 16.1 Å². The summed E-state index contributed by atoms with van der Waals surface area (Å²) in [7, 11) is 0. The molecule has 1 heterocycles. The Labute approximate surface area is 114 Å². The number of hydrogen-bond acceptors (Lipinski definition) is 5. The lowest BCUT2D eigenvalue weighted by molar-refractivity contribution is -0.0119. The maximum Gasteiger partial charge on any atom is 0.156 e. The minimum atomic E-state index is 0.331. The molecular formula is C14H24N4O. The molecule has 2 atom stereocenters. The number of aromatic nitrogens is 2. The third kappa shape index (κ3) is 4.14. The Kier molecular flexibility index (Phi) is 4.71. The number of nitrogens with one attached hydrogen (secondary N) is 1. The highest BCUT2D eigenvalue weighted by atomic mass is 16.5. The van der Waals surface area contributed by atoms with Crippen molar-refractivity contribution in [2.24, 2.45) is 17.7 Å². The van der Waals surface area contributed by atoms with Crippen molar-refractivity contribution < 1.29 is 4.74 Å². The average Bonchev–Trinajstić information content (AvgIpc) is 2.34. The van der Waals surface area contributed by atoms with Gasteiger partial charge in [0.2, 0.25) is 0 Å². The molecule has 5 nitrogen and oxygen atoms in total. The summed E-state index contributed by atoms with van der Waals surface area (Å²) in [5.41, 5.74) is 3.45. The van der Waals surface area contributed by atoms with Crippen LogP contribution in [0.15, 0.2) is 6.07 Å². The number of ether oxygens (including phenoxy) is 1. The van der Waals surface area contributed by atoms with Crippen molar-refractivity contribution in [2.75, 3.05) is 5.43 Å². The van der Waals surface area contributed by atoms with E-state index in [9.17, 15) is 0 Å². The Morgan fingerprint density at radius 1 is 1.26 bits per heavy atom. The summed E-state index contributed by atoms with van der Waals surface area (Å²) in [6, 6.07) is 1.81. The Hall–Kier alpha value is -1.20. The molecule has 2 rings (SSSR count). The van der Waals surface area contributed by atoms with Gasteiger partial charge in [-0.15, -0.1) is 0 Å². The second-order valence-electron chi connectivity index (χ2n) is 5.81. The van der Waals surface area contributed by atoms with Crippen LogP contribution in [0.4, 0.5) is 5.82 Å². The summed E-state index contributed by atoms with van der Waals surface area (Å²) in [4.78, 5) is 8.67. The largest absolute Gasteiger partial charge is 0.370 e. The van der Waals surface area contributed by atoms with Gasteiger partial charge in [-0.25, -0.2) is 15.8 Å². The third-order valence-electron chi connectivity index (χ3n) is 3.63. The van der Waals surface area contributed by atoms with E-state index < -0.39 is 0 Å². The first kappa shape index (κ1) is 14.2. The zero-order valence-corrected chi connectivity index (χ0v) is 12.0. The van der Waals surface area contributed by atoms with Crippen LogP contribution in [0.5, 0.6) is 0 Å². The Morgan fingerprint density at radius 3 is 2.58 bits per heavy atom. The van der Waals surface area contributed by atoms with Crippen molar-refractivity contribution >= 4 is 5.82 Å². The van der Waals surface area contributed by atoms with E-state index in [0.717, 1.165) is 30.4 Å². The minimum Gasteiger partial charge on any atom is -0.370 e. The zero-order chi connectivity index (χ0) is 13.8. The van der Waals surface area contributed by atoms with E-state index in [1.807, 2.05) is 13.0 Å². The summed E-state index contributed by atoms with van der Waals surface area (Å²) >= 11 is 0. The maximum atomic E-state index is 5.97. The molecule has 1 aliphatic carbocycles. The van der Waals surface area contributed by atoms with E-state index in [1.54, 1.807) is 0 Å². The molecule has 0 radical (unpaired) electrons. The van der Waals surface area contributed by atoms with E-state index in [2.05, 4.69) is 29.2 Å². The van der Waals surface area contributed by atoms with Crippen LogP contribution >= 0.6 is 0 Å². The monoisotopic (exact) mass is 264 g/mol. The summed E-state index contributed by atoms with van der Waals surface area (Å²) in [6.07, 6.45) is 3.91. The van der Waals surface area contributed by atoms with Gasteiger partial charge >= 0.3 is 0 Å². The number of rotatable bonds is 4. The first-order chi connectivity index (χ1) is 9.06. The van der Waals surface area contributed by atoms with Gasteiger partial charge in [0.1, 0.15) is 12.4 Å². The van der Waals surface area contributed by atoms with Crippen molar-refractivity contribution in [2.45, 2.75) is 52.7 Å². The Bertz CT molecular complexity index is 414. The summed E-state index contributed by atoms with van der Waals surface area (Å²) in [5, 5.41) is 0. The van der Waals surface area contributed by atoms with E-state index in [-0.39, 0.29) is 0 Å². The molecule has 5 heteroatoms. The molecule has 0 saturated heterocycles. The van der Waals surface area contributed by atoms with Crippen molar-refractivity contribution in [1.29, 1.82) is 0 Å². The van der Waals surface area contributed by atoms with Crippen LogP contribution in [0.2, 0.25) is 0 Å². The molecule has 0 aromatic carbocycles. The molecule has 1 aromatic rings. The lowest BCUT2D eigenvalue weighted by Crippen LogP contribution is -2.26. The molecule has 1 saturated carbocycles. The van der Waals surface area contributed by atoms with Crippen LogP contribution in [0.3, 0.4) is 0 Å². The highest BCUT2D eigenvalue weighted by Crippen LogP contribution is 2.30. The standard InChI is InChI=1S/C14H24N4O/c1-9-4-10(2)6-12(5-9)19-8-14-16-11(3)7-13(17-14)18-15/h7,9-10,12H,4-6,8,15H2,1-3H3,(H,16,17,18). The number of aryl methyl sites for hydroxylation is 1. The van der Waals surface area contributed by atoms with Gasteiger partial charge in [-0.3, -0.25) is 0 Å². The van der Waals surface area contributed by atoms with Crippen molar-refractivity contribution in [3.63, 3.8) is 0 Å². The topological polar surface area (TPSA) is 73.1 Å². The predicted molar refractivity (Wildman–Crippen MR) is 75.3 cm³/mol. The molecule has 0 amide bonds. The zero-order valence-electron chi connectivity index (χ0n) is 12.0. The van der Waals surface area contributed by atoms with Gasteiger partial charge in [-0.2, -0.15) is 0 Å². The van der Waals surface area contributed by atoms with E-state index in [4.69, 9.17) is 10.6 Å². The first-order valence-corrected chi connectivity index (χ1v) is 6.99. The molecule has 0 aliphatic heterocycles. The number of nitrogens with zero attached hydrogens (tertiary/aromatic N) is 2. The fourth-order valence-corrected chi connectivity index (χ4v) is 2.97. The smallest absolute Gasteiger partial charge is 0.156 e. The lowest BCUT2D eigenvalue weighted by Gasteiger charge is -2.31. The third-order valence-corrected chi connectivity index (χ3v) is 3.63. The van der Waals surface area contributed by atoms with Crippen molar-refractivity contribution in [1.82, 2.24) is 9.97 Å². The molecule has 1 aromatic heterocycles. The summed E-state index contributed by atoms with van der Waals surface area (Å²) in [5.74, 6) is 8.20. The molecular weight excluding hydrogens is 240 g/mol. The average molecular weight is 264 g/mol. The molecule has 1 aliphatic rings. The number of anilines is 1. The number of hydrogen-bond donors (Lipinski definition) is 2. The highest BCUT2D eigenvalue weighted by Gasteiger charge is 2.24. The number of nitrogen functional groups attached to an aromatic ring is 1. The summed E-state index contributed by atoms with van der Waals surface area (Å²) in [6.45, 7) is 6.98. The van der Waals surface area contributed by atoms with Gasteiger partial charge in [0, 0.05) is 11.8 Å². The fourth-order valence-electron chi connectivity index (χ4n) is 2.97. The highest BCUT2D eigenvalue weighted by molar-refractivity contribution is 5.33. The second kappa shape index (κ2) is 6.30. The summed E-state index contributed by atoms with van der Waals surface area (Å²) < 4.78 is 5.97. The van der Waals surface area contributed by atoms with Crippen LogP contribution in [0.25, 0.3) is 0 Å². The molecule has 106 valence electrons. The quantitative estimate of drug-likeness (QED) is 0.645. The Morgan fingerprint density at radius 2 is 1.95 bits per heavy atom. The van der Waals surface area contributed by atoms with Crippen LogP contribution in [0.1, 0.15) is 44.6 Å². The molecule has 2 unspecified atom stereocenters. The number of hydrazine groups is 1. The minimum absolute atomic E-state index is 0.331. The van der Waals surface area contributed by atoms with Gasteiger partial charge in [0.25, 0.3) is 0 Å². The van der Waals surface area contributed by atoms with Crippen molar-refractivity contribution in [3.8, 4) is 0 Å². The fraction of sp³-hybridized carbons (Fsp3) is 0.714. The molecule has 3 N–H and O–H groups in total. The second-order valence-corrected chi connectivity index (χ2v) is 5.81. The predicted octanol–water partition coefficient (Wildman–Crippen LogP) is 2.41. The van der Waals surface area contributed by atoms with Crippen LogP contribution < -0.4 is 11.3 Å². The van der Waals surface area contributed by atoms with Gasteiger partial charge in [0.15, 0.2) is 5.82 Å². The number of nitrogens with two attached hydrogens (primary N) is 1. The molecule has 1 fully saturated rings. The van der Waals surface area contributed by atoms with Crippen molar-refractivity contribution in [3.05, 3.63) is 17.6 Å². The molecule has 19 heavy (non-hydrogen) atoms. The van der Waals surface area contributed by atoms with Crippen LogP contribution in [0, 0.1) is 18.8 Å². The molecule has 0 bridgehead atoms.